The van der Waals surface area contributed by atoms with Crippen molar-refractivity contribution in [2.24, 2.45) is 0 Å². The number of unbranched alkanes of at least 4 members (excludes halogenated alkanes) is 2. The Hall–Kier alpha value is -1.70. The molecule has 3 aromatic rings. The van der Waals surface area contributed by atoms with E-state index in [0.717, 1.165) is 58.9 Å². The minimum Gasteiger partial charge on any atom is -0.492 e. The molecule has 0 aliphatic heterocycles. The number of thioether (sulfide) groups is 1. The molecule has 3 rings (SSSR count). The summed E-state index contributed by atoms with van der Waals surface area (Å²) < 4.78 is 44.2. The van der Waals surface area contributed by atoms with Crippen LogP contribution in [0.5, 0.6) is 5.75 Å². The first-order valence-corrected chi connectivity index (χ1v) is 10.1. The molecule has 0 radical (unpaired) electrons. The molecular formula is C21H23Cl2F3N2OS. The van der Waals surface area contributed by atoms with Crippen LogP contribution in [0, 0.1) is 6.92 Å². The Kier molecular flexibility index (Phi) is 10.7. The molecule has 30 heavy (non-hydrogen) atoms. The SMILES string of the molecule is Cc1ccc(OCCCCCSc2ccnc3cc(C(F)(F)F)ccc23)cn1.Cl.Cl. The Morgan fingerprint density at radius 2 is 1.77 bits per heavy atom. The van der Waals surface area contributed by atoms with Gasteiger partial charge in [-0.15, -0.1) is 36.6 Å². The zero-order valence-corrected chi connectivity index (χ0v) is 18.8. The molecule has 2 aromatic heterocycles. The van der Waals surface area contributed by atoms with Crippen LogP contribution >= 0.6 is 36.6 Å². The number of aryl methyl sites for hydroxylation is 1. The van der Waals surface area contributed by atoms with Crippen molar-refractivity contribution in [3.8, 4) is 5.75 Å². The van der Waals surface area contributed by atoms with Crippen molar-refractivity contribution in [1.29, 1.82) is 0 Å². The second kappa shape index (κ2) is 12.2. The summed E-state index contributed by atoms with van der Waals surface area (Å²) in [5, 5.41) is 0.760. The van der Waals surface area contributed by atoms with Crippen LogP contribution in [-0.4, -0.2) is 22.3 Å². The lowest BCUT2D eigenvalue weighted by Gasteiger charge is -2.10. The van der Waals surface area contributed by atoms with Crippen LogP contribution in [-0.2, 0) is 6.18 Å². The number of nitrogens with zero attached hydrogens (tertiary/aromatic N) is 2. The maximum absolute atomic E-state index is 12.8. The summed E-state index contributed by atoms with van der Waals surface area (Å²) in [7, 11) is 0. The summed E-state index contributed by atoms with van der Waals surface area (Å²) in [6.07, 6.45) is 1.91. The highest BCUT2D eigenvalue weighted by molar-refractivity contribution is 7.99. The lowest BCUT2D eigenvalue weighted by molar-refractivity contribution is -0.137. The van der Waals surface area contributed by atoms with Gasteiger partial charge in [0.25, 0.3) is 0 Å². The molecule has 0 saturated heterocycles. The van der Waals surface area contributed by atoms with E-state index in [1.54, 1.807) is 24.2 Å². The van der Waals surface area contributed by atoms with Crippen LogP contribution in [0.1, 0.15) is 30.5 Å². The summed E-state index contributed by atoms with van der Waals surface area (Å²) in [6.45, 7) is 2.58. The van der Waals surface area contributed by atoms with E-state index in [1.807, 2.05) is 25.1 Å². The molecule has 3 nitrogen and oxygen atoms in total. The van der Waals surface area contributed by atoms with E-state index in [-0.39, 0.29) is 24.8 Å². The maximum atomic E-state index is 12.8. The van der Waals surface area contributed by atoms with Crippen LogP contribution in [0.2, 0.25) is 0 Å². The number of aromatic nitrogens is 2. The molecule has 0 unspecified atom stereocenters. The van der Waals surface area contributed by atoms with Crippen molar-refractivity contribution in [1.82, 2.24) is 9.97 Å². The number of halogens is 5. The Labute approximate surface area is 190 Å². The van der Waals surface area contributed by atoms with Crippen molar-refractivity contribution in [2.45, 2.75) is 37.3 Å². The summed E-state index contributed by atoms with van der Waals surface area (Å²) in [5.41, 5.74) is 0.668. The zero-order chi connectivity index (χ0) is 20.0. The molecule has 0 atom stereocenters. The maximum Gasteiger partial charge on any atom is 0.416 e. The van der Waals surface area contributed by atoms with Gasteiger partial charge in [-0.3, -0.25) is 9.97 Å². The molecule has 0 N–H and O–H groups in total. The van der Waals surface area contributed by atoms with Gasteiger partial charge < -0.3 is 4.74 Å². The lowest BCUT2D eigenvalue weighted by Crippen LogP contribution is -2.04. The average molecular weight is 479 g/mol. The second-order valence-electron chi connectivity index (χ2n) is 6.43. The third kappa shape index (κ3) is 7.52. The van der Waals surface area contributed by atoms with E-state index >= 15 is 0 Å². The van der Waals surface area contributed by atoms with Gasteiger partial charge in [-0.25, -0.2) is 0 Å². The van der Waals surface area contributed by atoms with Gasteiger partial charge in [0, 0.05) is 22.2 Å². The summed E-state index contributed by atoms with van der Waals surface area (Å²) >= 11 is 1.65. The highest BCUT2D eigenvalue weighted by atomic mass is 35.5. The van der Waals surface area contributed by atoms with E-state index in [1.165, 1.54) is 6.07 Å². The van der Waals surface area contributed by atoms with Crippen LogP contribution in [0.3, 0.4) is 0 Å². The largest absolute Gasteiger partial charge is 0.492 e. The Morgan fingerprint density at radius 3 is 2.47 bits per heavy atom. The molecule has 0 bridgehead atoms. The summed E-state index contributed by atoms with van der Waals surface area (Å²) in [6, 6.07) is 9.42. The third-order valence-electron chi connectivity index (χ3n) is 4.23. The normalized spacial score (nSPS) is 10.9. The molecule has 0 amide bonds. The Balaban J connectivity index is 0.00000225. The molecule has 9 heteroatoms. The van der Waals surface area contributed by atoms with E-state index in [0.29, 0.717) is 12.1 Å². The van der Waals surface area contributed by atoms with Crippen molar-refractivity contribution in [3.05, 3.63) is 60.0 Å². The molecule has 1 aromatic carbocycles. The van der Waals surface area contributed by atoms with E-state index in [9.17, 15) is 13.2 Å². The highest BCUT2D eigenvalue weighted by Crippen LogP contribution is 2.33. The first kappa shape index (κ1) is 26.3. The molecule has 0 aliphatic carbocycles. The number of ether oxygens (including phenoxy) is 1. The first-order valence-electron chi connectivity index (χ1n) is 9.08. The number of hydrogen-bond donors (Lipinski definition) is 0. The van der Waals surface area contributed by atoms with E-state index < -0.39 is 11.7 Å². The standard InChI is InChI=1S/C21H21F3N2OS.2ClH/c1-15-5-7-17(14-26-15)27-11-3-2-4-12-28-20-9-10-25-19-13-16(21(22,23)24)6-8-18(19)20;;/h5-10,13-14H,2-4,11-12H2,1H3;2*1H. The van der Waals surface area contributed by atoms with Crippen molar-refractivity contribution < 1.29 is 17.9 Å². The number of fused-ring (bicyclic) bond motifs is 1. The fourth-order valence-electron chi connectivity index (χ4n) is 2.72. The molecule has 0 aliphatic rings. The molecule has 164 valence electrons. The molecule has 0 spiro atoms. The van der Waals surface area contributed by atoms with Crippen LogP contribution in [0.15, 0.2) is 53.7 Å². The number of benzene rings is 1. The van der Waals surface area contributed by atoms with Gasteiger partial charge in [0.15, 0.2) is 0 Å². The van der Waals surface area contributed by atoms with Gasteiger partial charge >= 0.3 is 6.18 Å². The van der Waals surface area contributed by atoms with Gasteiger partial charge in [0.2, 0.25) is 0 Å². The first-order chi connectivity index (χ1) is 13.4. The third-order valence-corrected chi connectivity index (χ3v) is 5.39. The highest BCUT2D eigenvalue weighted by Gasteiger charge is 2.30. The minimum absolute atomic E-state index is 0. The van der Waals surface area contributed by atoms with E-state index in [2.05, 4.69) is 9.97 Å². The van der Waals surface area contributed by atoms with Crippen LogP contribution < -0.4 is 4.74 Å². The summed E-state index contributed by atoms with van der Waals surface area (Å²) in [4.78, 5) is 9.23. The number of pyridine rings is 2. The minimum atomic E-state index is -4.35. The summed E-state index contributed by atoms with van der Waals surface area (Å²) in [5.74, 6) is 1.67. The van der Waals surface area contributed by atoms with Gasteiger partial charge in [-0.2, -0.15) is 13.2 Å². The van der Waals surface area contributed by atoms with Gasteiger partial charge in [-0.1, -0.05) is 6.07 Å². The smallest absolute Gasteiger partial charge is 0.416 e. The lowest BCUT2D eigenvalue weighted by atomic mass is 10.1. The molecular weight excluding hydrogens is 456 g/mol. The molecule has 0 saturated carbocycles. The van der Waals surface area contributed by atoms with Gasteiger partial charge in [0.05, 0.1) is 23.9 Å². The van der Waals surface area contributed by atoms with Crippen molar-refractivity contribution in [2.75, 3.05) is 12.4 Å². The number of hydrogen-bond acceptors (Lipinski definition) is 4. The Morgan fingerprint density at radius 1 is 0.967 bits per heavy atom. The quantitative estimate of drug-likeness (QED) is 0.254. The Bertz CT molecular complexity index is 924. The number of alkyl halides is 3. The fraction of sp³-hybridized carbons (Fsp3) is 0.333. The zero-order valence-electron chi connectivity index (χ0n) is 16.3. The monoisotopic (exact) mass is 478 g/mol. The second-order valence-corrected chi connectivity index (χ2v) is 7.57. The topological polar surface area (TPSA) is 35.0 Å². The molecule has 2 heterocycles. The number of rotatable bonds is 8. The van der Waals surface area contributed by atoms with Crippen molar-refractivity contribution >= 4 is 47.5 Å². The van der Waals surface area contributed by atoms with Crippen LogP contribution in [0.25, 0.3) is 10.9 Å². The van der Waals surface area contributed by atoms with Gasteiger partial charge in [-0.05, 0) is 62.3 Å². The predicted octanol–water partition coefficient (Wildman–Crippen LogP) is 7.14. The molecule has 0 fully saturated rings. The van der Waals surface area contributed by atoms with Crippen molar-refractivity contribution in [3.63, 3.8) is 0 Å². The van der Waals surface area contributed by atoms with E-state index in [4.69, 9.17) is 4.74 Å². The predicted molar refractivity (Wildman–Crippen MR) is 120 cm³/mol. The van der Waals surface area contributed by atoms with Crippen LogP contribution in [0.4, 0.5) is 13.2 Å². The average Bonchev–Trinajstić information content (AvgIpc) is 2.67. The van der Waals surface area contributed by atoms with Gasteiger partial charge in [0.1, 0.15) is 5.75 Å². The fourth-order valence-corrected chi connectivity index (χ4v) is 3.77.